The van der Waals surface area contributed by atoms with Crippen LogP contribution in [0.2, 0.25) is 5.02 Å². The highest BCUT2D eigenvalue weighted by Gasteiger charge is 2.34. The van der Waals surface area contributed by atoms with Gasteiger partial charge in [-0.15, -0.1) is 0 Å². The number of likely N-dealkylation sites (N-methyl/N-ethyl adjacent to an activating group) is 1. The predicted molar refractivity (Wildman–Crippen MR) is 207 cm³/mol. The fourth-order valence-electron chi connectivity index (χ4n) is 7.91. The number of fused-ring (bicyclic) bond motifs is 2. The van der Waals surface area contributed by atoms with Gasteiger partial charge in [0.05, 0.1) is 41.9 Å². The summed E-state index contributed by atoms with van der Waals surface area (Å²) in [4.78, 5) is 42.5. The average Bonchev–Trinajstić information content (AvgIpc) is 3.69. The van der Waals surface area contributed by atoms with Gasteiger partial charge in [-0.05, 0) is 97.5 Å². The lowest BCUT2D eigenvalue weighted by Gasteiger charge is -2.40. The first-order chi connectivity index (χ1) is 25.7. The van der Waals surface area contributed by atoms with Gasteiger partial charge < -0.3 is 24.2 Å². The van der Waals surface area contributed by atoms with Crippen LogP contribution in [0, 0.1) is 13.8 Å². The number of amides is 2. The molecular weight excluding hydrogens is 688 g/mol. The Balaban J connectivity index is 1.18. The molecule has 1 fully saturated rings. The molecule has 1 atom stereocenters. The van der Waals surface area contributed by atoms with Crippen molar-refractivity contribution in [2.75, 3.05) is 56.2 Å². The van der Waals surface area contributed by atoms with E-state index < -0.39 is 0 Å². The molecule has 0 spiro atoms. The molecule has 5 aromatic rings. The maximum atomic E-state index is 14.8. The van der Waals surface area contributed by atoms with Crippen molar-refractivity contribution in [1.82, 2.24) is 19.4 Å². The van der Waals surface area contributed by atoms with Crippen LogP contribution in [-0.4, -0.2) is 88.8 Å². The van der Waals surface area contributed by atoms with E-state index in [-0.39, 0.29) is 23.6 Å². The summed E-state index contributed by atoms with van der Waals surface area (Å²) in [6.07, 6.45) is 5.14. The molecule has 0 bridgehead atoms. The van der Waals surface area contributed by atoms with Crippen molar-refractivity contribution in [2.24, 2.45) is 0 Å². The van der Waals surface area contributed by atoms with Gasteiger partial charge in [0, 0.05) is 68.4 Å². The summed E-state index contributed by atoms with van der Waals surface area (Å²) in [5.74, 6) is 0.683. The van der Waals surface area contributed by atoms with E-state index in [1.54, 1.807) is 47.5 Å². The number of aromatic nitrogens is 2. The molecule has 53 heavy (non-hydrogen) atoms. The summed E-state index contributed by atoms with van der Waals surface area (Å²) in [6.45, 7) is 9.06. The van der Waals surface area contributed by atoms with Crippen molar-refractivity contribution in [3.63, 3.8) is 0 Å². The van der Waals surface area contributed by atoms with Crippen molar-refractivity contribution in [2.45, 2.75) is 39.3 Å². The van der Waals surface area contributed by atoms with E-state index in [0.29, 0.717) is 53.0 Å². The minimum absolute atomic E-state index is 0.0248. The van der Waals surface area contributed by atoms with Crippen molar-refractivity contribution < 1.29 is 19.4 Å². The van der Waals surface area contributed by atoms with Gasteiger partial charge in [0.15, 0.2) is 0 Å². The Morgan fingerprint density at radius 3 is 2.45 bits per heavy atom. The maximum Gasteiger partial charge on any atom is 0.264 e. The Morgan fingerprint density at radius 2 is 1.68 bits per heavy atom. The molecular formula is C42H43ClN6O4. The zero-order valence-electron chi connectivity index (χ0n) is 30.3. The van der Waals surface area contributed by atoms with E-state index in [1.165, 1.54) is 5.56 Å². The second kappa shape index (κ2) is 14.3. The maximum absolute atomic E-state index is 14.8. The van der Waals surface area contributed by atoms with Crippen LogP contribution in [0.1, 0.15) is 48.7 Å². The lowest BCUT2D eigenvalue weighted by Crippen LogP contribution is -2.52. The summed E-state index contributed by atoms with van der Waals surface area (Å²) in [5, 5.41) is 10.6. The third-order valence-corrected chi connectivity index (χ3v) is 11.2. The minimum atomic E-state index is -0.253. The molecule has 0 radical (unpaired) electrons. The average molecular weight is 731 g/mol. The number of carbonyl (C=O) groups excluding carboxylic acids is 2. The van der Waals surface area contributed by atoms with Crippen LogP contribution in [0.3, 0.4) is 0 Å². The van der Waals surface area contributed by atoms with Crippen LogP contribution in [0.4, 0.5) is 17.2 Å². The molecule has 11 heteroatoms. The van der Waals surface area contributed by atoms with E-state index in [4.69, 9.17) is 21.3 Å². The summed E-state index contributed by atoms with van der Waals surface area (Å²) in [6, 6.07) is 22.3. The van der Waals surface area contributed by atoms with E-state index >= 15 is 0 Å². The Kier molecular flexibility index (Phi) is 9.44. The Morgan fingerprint density at radius 1 is 0.925 bits per heavy atom. The topological polar surface area (TPSA) is 94.4 Å². The largest absolute Gasteiger partial charge is 0.508 e. The molecule has 2 aromatic heterocycles. The molecule has 5 heterocycles. The van der Waals surface area contributed by atoms with Crippen molar-refractivity contribution in [3.8, 4) is 11.4 Å². The van der Waals surface area contributed by atoms with Gasteiger partial charge in [0.25, 0.3) is 11.8 Å². The summed E-state index contributed by atoms with van der Waals surface area (Å²) >= 11 is 6.66. The number of carbonyl (C=O) groups is 2. The molecule has 0 unspecified atom stereocenters. The molecule has 3 aliphatic rings. The molecule has 0 saturated carbocycles. The number of hydrogen-bond donors (Lipinski definition) is 1. The normalized spacial score (nSPS) is 17.1. The van der Waals surface area contributed by atoms with Gasteiger partial charge in [0.2, 0.25) is 0 Å². The molecule has 1 N–H and O–H groups in total. The molecule has 1 saturated heterocycles. The first-order valence-electron chi connectivity index (χ1n) is 18.2. The number of hydrogen-bond acceptors (Lipinski definition) is 7. The molecule has 2 amide bonds. The van der Waals surface area contributed by atoms with E-state index in [0.717, 1.165) is 67.2 Å². The number of pyridine rings is 1. The quantitative estimate of drug-likeness (QED) is 0.199. The Hall–Kier alpha value is -5.16. The zero-order valence-corrected chi connectivity index (χ0v) is 31.0. The highest BCUT2D eigenvalue weighted by Crippen LogP contribution is 2.36. The third kappa shape index (κ3) is 6.67. The predicted octanol–water partition coefficient (Wildman–Crippen LogP) is 6.72. The number of halogens is 1. The number of benzene rings is 3. The summed E-state index contributed by atoms with van der Waals surface area (Å²) < 4.78 is 7.53. The molecule has 3 aliphatic heterocycles. The van der Waals surface area contributed by atoms with E-state index in [2.05, 4.69) is 28.0 Å². The zero-order chi connectivity index (χ0) is 36.8. The first-order valence-corrected chi connectivity index (χ1v) is 18.5. The van der Waals surface area contributed by atoms with Gasteiger partial charge in [-0.25, -0.2) is 4.98 Å². The number of rotatable bonds is 7. The van der Waals surface area contributed by atoms with Crippen LogP contribution < -0.4 is 9.80 Å². The lowest BCUT2D eigenvalue weighted by atomic mass is 9.92. The number of ether oxygens (including phenoxy) is 1. The standard InChI is InChI=1S/C42H43ClN6O4/c1-27-28(2)47(26-38(27)42(52)49(33-9-11-36(50)12-10-33)34-21-30-14-15-45(3)40(30)44-23-34)39-22-32(43)8-13-37(39)41(51)48-24-31-7-5-4-6-29(31)20-35(48)25-46-16-18-53-19-17-46/h4-13,21-23,26,35,50H,14-20,24-25H2,1-3H3/t35-/m0/s1. The highest BCUT2D eigenvalue weighted by molar-refractivity contribution is 6.31. The van der Waals surface area contributed by atoms with Crippen LogP contribution in [0.5, 0.6) is 5.75 Å². The van der Waals surface area contributed by atoms with Gasteiger partial charge in [-0.2, -0.15) is 0 Å². The smallest absolute Gasteiger partial charge is 0.264 e. The van der Waals surface area contributed by atoms with Crippen LogP contribution in [0.15, 0.2) is 85.2 Å². The molecule has 8 rings (SSSR count). The van der Waals surface area contributed by atoms with E-state index in [9.17, 15) is 14.7 Å². The monoisotopic (exact) mass is 730 g/mol. The molecule has 0 aliphatic carbocycles. The highest BCUT2D eigenvalue weighted by atomic mass is 35.5. The molecule has 3 aromatic carbocycles. The Bertz CT molecular complexity index is 2190. The van der Waals surface area contributed by atoms with Gasteiger partial charge in [-0.3, -0.25) is 19.4 Å². The van der Waals surface area contributed by atoms with E-state index in [1.807, 2.05) is 54.8 Å². The van der Waals surface area contributed by atoms with Crippen molar-refractivity contribution in [1.29, 1.82) is 0 Å². The molecule has 272 valence electrons. The summed E-state index contributed by atoms with van der Waals surface area (Å²) in [7, 11) is 2.01. The van der Waals surface area contributed by atoms with Crippen LogP contribution >= 0.6 is 11.6 Å². The fraction of sp³-hybridized carbons (Fsp3) is 0.310. The number of phenolic OH excluding ortho intramolecular Hbond substituents is 1. The van der Waals surface area contributed by atoms with Crippen LogP contribution in [0.25, 0.3) is 5.69 Å². The number of anilines is 3. The lowest BCUT2D eigenvalue weighted by molar-refractivity contribution is 0.0193. The minimum Gasteiger partial charge on any atom is -0.508 e. The second-order valence-electron chi connectivity index (χ2n) is 14.3. The fourth-order valence-corrected chi connectivity index (χ4v) is 8.08. The number of morpholine rings is 1. The number of phenols is 1. The SMILES string of the molecule is Cc1c(C(=O)N(c2ccc(O)cc2)c2cnc3c(c2)CCN3C)cn(-c2cc(Cl)ccc2C(=O)N2Cc3ccccc3C[C@H]2CN2CCOCC2)c1C. The van der Waals surface area contributed by atoms with Gasteiger partial charge in [-0.1, -0.05) is 35.9 Å². The Labute approximate surface area is 314 Å². The third-order valence-electron chi connectivity index (χ3n) is 11.0. The number of nitrogens with zero attached hydrogens (tertiary/aromatic N) is 6. The second-order valence-corrected chi connectivity index (χ2v) is 14.7. The first kappa shape index (κ1) is 34.9. The van der Waals surface area contributed by atoms with Gasteiger partial charge in [0.1, 0.15) is 11.6 Å². The van der Waals surface area contributed by atoms with Crippen molar-refractivity contribution >= 4 is 40.6 Å². The van der Waals surface area contributed by atoms with Crippen LogP contribution in [-0.2, 0) is 24.1 Å². The van der Waals surface area contributed by atoms with Crippen molar-refractivity contribution in [3.05, 3.63) is 129 Å². The summed E-state index contributed by atoms with van der Waals surface area (Å²) in [5.41, 5.74) is 7.93. The number of aromatic hydroxyl groups is 1. The van der Waals surface area contributed by atoms with Gasteiger partial charge >= 0.3 is 0 Å². The molecule has 10 nitrogen and oxygen atoms in total.